The van der Waals surface area contributed by atoms with Crippen molar-refractivity contribution in [1.82, 2.24) is 5.32 Å². The van der Waals surface area contributed by atoms with E-state index in [-0.39, 0.29) is 11.9 Å². The molecule has 0 spiro atoms. The van der Waals surface area contributed by atoms with Crippen LogP contribution in [0.1, 0.15) is 12.5 Å². The van der Waals surface area contributed by atoms with Crippen molar-refractivity contribution in [1.29, 1.82) is 0 Å². The van der Waals surface area contributed by atoms with E-state index in [0.717, 1.165) is 17.8 Å². The Hall–Kier alpha value is -1.35. The van der Waals surface area contributed by atoms with Gasteiger partial charge in [0.2, 0.25) is 5.91 Å². The van der Waals surface area contributed by atoms with Gasteiger partial charge in [-0.2, -0.15) is 0 Å². The van der Waals surface area contributed by atoms with E-state index in [0.29, 0.717) is 6.54 Å². The summed E-state index contributed by atoms with van der Waals surface area (Å²) >= 11 is 0. The maximum absolute atomic E-state index is 11.8. The molecule has 1 heterocycles. The molecule has 0 unspecified atom stereocenters. The summed E-state index contributed by atoms with van der Waals surface area (Å²) in [5.41, 5.74) is 2.19. The molecule has 0 radical (unpaired) electrons. The first-order valence-corrected chi connectivity index (χ1v) is 5.28. The molecule has 1 amide bonds. The van der Waals surface area contributed by atoms with Gasteiger partial charge in [-0.15, -0.1) is 0 Å². The number of carbonyl (C=O) groups excluding carboxylic acids is 1. The van der Waals surface area contributed by atoms with Crippen LogP contribution in [0.4, 0.5) is 5.69 Å². The van der Waals surface area contributed by atoms with Crippen molar-refractivity contribution in [2.75, 3.05) is 18.0 Å². The molecule has 1 aliphatic heterocycles. The summed E-state index contributed by atoms with van der Waals surface area (Å²) in [4.78, 5) is 13.7. The Balaban J connectivity index is 2.36. The molecule has 1 saturated heterocycles. The highest BCUT2D eigenvalue weighted by Crippen LogP contribution is 2.22. The molecule has 1 aliphatic rings. The van der Waals surface area contributed by atoms with Crippen molar-refractivity contribution in [2.24, 2.45) is 0 Å². The molecule has 3 heteroatoms. The summed E-state index contributed by atoms with van der Waals surface area (Å²) < 4.78 is 0. The van der Waals surface area contributed by atoms with Crippen LogP contribution in [0.3, 0.4) is 0 Å². The average molecular weight is 204 g/mol. The van der Waals surface area contributed by atoms with Crippen LogP contribution in [0, 0.1) is 6.92 Å². The van der Waals surface area contributed by atoms with Crippen LogP contribution in [0.2, 0.25) is 0 Å². The van der Waals surface area contributed by atoms with Gasteiger partial charge in [-0.1, -0.05) is 18.2 Å². The number of rotatable bonds is 1. The third-order valence-electron chi connectivity index (χ3n) is 2.80. The van der Waals surface area contributed by atoms with Crippen molar-refractivity contribution in [3.63, 3.8) is 0 Å². The van der Waals surface area contributed by atoms with E-state index in [4.69, 9.17) is 0 Å². The quantitative estimate of drug-likeness (QED) is 0.748. The van der Waals surface area contributed by atoms with E-state index >= 15 is 0 Å². The van der Waals surface area contributed by atoms with E-state index in [1.807, 2.05) is 36.1 Å². The number of carbonyl (C=O) groups is 1. The van der Waals surface area contributed by atoms with E-state index in [1.165, 1.54) is 0 Å². The van der Waals surface area contributed by atoms with E-state index in [2.05, 4.69) is 12.2 Å². The Bertz CT molecular complexity index is 376. The molecular weight excluding hydrogens is 188 g/mol. The van der Waals surface area contributed by atoms with Gasteiger partial charge in [0.1, 0.15) is 0 Å². The summed E-state index contributed by atoms with van der Waals surface area (Å²) in [5.74, 6) is 0.156. The minimum atomic E-state index is 0.156. The zero-order chi connectivity index (χ0) is 10.8. The van der Waals surface area contributed by atoms with Crippen molar-refractivity contribution in [3.05, 3.63) is 29.8 Å². The Kier molecular flexibility index (Phi) is 2.73. The number of nitrogens with one attached hydrogen (secondary N) is 1. The topological polar surface area (TPSA) is 32.3 Å². The van der Waals surface area contributed by atoms with Gasteiger partial charge in [0, 0.05) is 18.3 Å². The molecule has 2 rings (SSSR count). The predicted octanol–water partition coefficient (Wildman–Crippen LogP) is 1.32. The molecule has 0 saturated carbocycles. The number of para-hydroxylation sites is 1. The fraction of sp³-hybridized carbons (Fsp3) is 0.417. The molecule has 1 aromatic rings. The molecular formula is C12H16N2O. The Labute approximate surface area is 90.1 Å². The van der Waals surface area contributed by atoms with Gasteiger partial charge >= 0.3 is 0 Å². The molecule has 0 aromatic heterocycles. The van der Waals surface area contributed by atoms with Crippen LogP contribution >= 0.6 is 0 Å². The van der Waals surface area contributed by atoms with Crippen LogP contribution < -0.4 is 10.2 Å². The lowest BCUT2D eigenvalue weighted by Crippen LogP contribution is -2.54. The average Bonchev–Trinajstić information content (AvgIpc) is 2.20. The number of benzene rings is 1. The Morgan fingerprint density at radius 3 is 2.80 bits per heavy atom. The fourth-order valence-electron chi connectivity index (χ4n) is 2.02. The predicted molar refractivity (Wildman–Crippen MR) is 61.0 cm³/mol. The second kappa shape index (κ2) is 4.03. The Morgan fingerprint density at radius 1 is 1.40 bits per heavy atom. The van der Waals surface area contributed by atoms with Gasteiger partial charge in [-0.05, 0) is 25.5 Å². The van der Waals surface area contributed by atoms with Gasteiger partial charge in [-0.3, -0.25) is 4.79 Å². The summed E-state index contributed by atoms with van der Waals surface area (Å²) in [6, 6.07) is 8.25. The second-order valence-corrected chi connectivity index (χ2v) is 4.03. The zero-order valence-corrected chi connectivity index (χ0v) is 9.16. The molecule has 80 valence electrons. The maximum Gasteiger partial charge on any atom is 0.241 e. The molecule has 0 aliphatic carbocycles. The summed E-state index contributed by atoms with van der Waals surface area (Å²) in [6.07, 6.45) is 0. The molecule has 1 atom stereocenters. The minimum Gasteiger partial charge on any atom is -0.307 e. The van der Waals surface area contributed by atoms with E-state index in [1.54, 1.807) is 0 Å². The summed E-state index contributed by atoms with van der Waals surface area (Å²) in [7, 11) is 0. The van der Waals surface area contributed by atoms with Gasteiger partial charge in [-0.25, -0.2) is 0 Å². The molecule has 3 nitrogen and oxygen atoms in total. The third kappa shape index (κ3) is 1.88. The number of aryl methyl sites for hydroxylation is 1. The normalized spacial score (nSPS) is 21.9. The van der Waals surface area contributed by atoms with Crippen molar-refractivity contribution in [2.45, 2.75) is 19.9 Å². The highest BCUT2D eigenvalue weighted by molar-refractivity contribution is 5.96. The van der Waals surface area contributed by atoms with Gasteiger partial charge in [0.05, 0.1) is 6.54 Å². The van der Waals surface area contributed by atoms with Gasteiger partial charge in [0.15, 0.2) is 0 Å². The van der Waals surface area contributed by atoms with Crippen LogP contribution in [0.25, 0.3) is 0 Å². The van der Waals surface area contributed by atoms with Crippen molar-refractivity contribution in [3.8, 4) is 0 Å². The largest absolute Gasteiger partial charge is 0.307 e. The number of amides is 1. The lowest BCUT2D eigenvalue weighted by atomic mass is 10.1. The first-order chi connectivity index (χ1) is 7.20. The van der Waals surface area contributed by atoms with Crippen LogP contribution in [0.15, 0.2) is 24.3 Å². The minimum absolute atomic E-state index is 0.156. The summed E-state index contributed by atoms with van der Waals surface area (Å²) in [5, 5.41) is 3.11. The summed E-state index contributed by atoms with van der Waals surface area (Å²) in [6.45, 7) is 5.41. The van der Waals surface area contributed by atoms with Crippen molar-refractivity contribution >= 4 is 11.6 Å². The molecule has 0 bridgehead atoms. The molecule has 1 fully saturated rings. The van der Waals surface area contributed by atoms with E-state index in [9.17, 15) is 4.79 Å². The van der Waals surface area contributed by atoms with Crippen LogP contribution in [-0.2, 0) is 4.79 Å². The second-order valence-electron chi connectivity index (χ2n) is 4.03. The standard InChI is InChI=1S/C12H16N2O/c1-9-5-3-4-6-11(9)14-10(2)7-13-8-12(14)15/h3-6,10,13H,7-8H2,1-2H3/t10-/m1/s1. The monoisotopic (exact) mass is 204 g/mol. The van der Waals surface area contributed by atoms with Crippen LogP contribution in [-0.4, -0.2) is 25.0 Å². The number of hydrogen-bond acceptors (Lipinski definition) is 2. The van der Waals surface area contributed by atoms with Crippen molar-refractivity contribution < 1.29 is 4.79 Å². The first kappa shape index (κ1) is 10.2. The van der Waals surface area contributed by atoms with E-state index < -0.39 is 0 Å². The highest BCUT2D eigenvalue weighted by Gasteiger charge is 2.26. The maximum atomic E-state index is 11.8. The number of nitrogens with zero attached hydrogens (tertiary/aromatic N) is 1. The Morgan fingerprint density at radius 2 is 2.13 bits per heavy atom. The molecule has 15 heavy (non-hydrogen) atoms. The highest BCUT2D eigenvalue weighted by atomic mass is 16.2. The van der Waals surface area contributed by atoms with Gasteiger partial charge < -0.3 is 10.2 Å². The lowest BCUT2D eigenvalue weighted by Gasteiger charge is -2.34. The molecule has 1 aromatic carbocycles. The number of hydrogen-bond donors (Lipinski definition) is 1. The zero-order valence-electron chi connectivity index (χ0n) is 9.16. The number of piperazine rings is 1. The smallest absolute Gasteiger partial charge is 0.241 e. The fourth-order valence-corrected chi connectivity index (χ4v) is 2.02. The van der Waals surface area contributed by atoms with Gasteiger partial charge in [0.25, 0.3) is 0 Å². The molecule has 1 N–H and O–H groups in total. The lowest BCUT2D eigenvalue weighted by molar-refractivity contribution is -0.119. The number of anilines is 1. The van der Waals surface area contributed by atoms with Crippen LogP contribution in [0.5, 0.6) is 0 Å². The third-order valence-corrected chi connectivity index (χ3v) is 2.80. The first-order valence-electron chi connectivity index (χ1n) is 5.28. The SMILES string of the molecule is Cc1ccccc1N1C(=O)CNC[C@H]1C.